The number of hydrogen-bond acceptors (Lipinski definition) is 2. The lowest BCUT2D eigenvalue weighted by molar-refractivity contribution is -0.134. The molecule has 0 atom stereocenters. The smallest absolute Gasteiger partial charge is 0.328 e. The van der Waals surface area contributed by atoms with Crippen LogP contribution in [0.1, 0.15) is 0 Å². The van der Waals surface area contributed by atoms with Gasteiger partial charge in [-0.15, -0.1) is 0 Å². The average molecular weight is 270 g/mol. The first kappa shape index (κ1) is 15.2. The van der Waals surface area contributed by atoms with Crippen molar-refractivity contribution in [2.45, 2.75) is 0 Å². The van der Waals surface area contributed by atoms with Crippen molar-refractivity contribution in [3.05, 3.63) is 72.8 Å². The molecule has 20 heavy (non-hydrogen) atoms. The molecule has 2 N–H and O–H groups in total. The van der Waals surface area contributed by atoms with Crippen LogP contribution in [0.15, 0.2) is 72.8 Å². The third-order valence-corrected chi connectivity index (χ3v) is 2.25. The van der Waals surface area contributed by atoms with E-state index in [0.29, 0.717) is 12.2 Å². The molecule has 0 spiro atoms. The molecule has 0 radical (unpaired) electrons. The van der Waals surface area contributed by atoms with Crippen LogP contribution in [0.4, 0.5) is 0 Å². The van der Waals surface area contributed by atoms with Crippen molar-refractivity contribution in [3.63, 3.8) is 0 Å². The standard InChI is InChI=1S/C12H10.C4H4O4/c1-3-7-11(8-4-1)12-9-5-2-6-10-12;5-3(6)1-2-4(7)8/h1-10H;1-2H,(H,5,6)(H,7,8)/b;2-1+. The molecule has 0 saturated carbocycles. The Morgan fingerprint density at radius 3 is 1.20 bits per heavy atom. The number of carboxylic acids is 2. The van der Waals surface area contributed by atoms with E-state index >= 15 is 0 Å². The molecule has 2 rings (SSSR count). The third kappa shape index (κ3) is 6.16. The fraction of sp³-hybridized carbons (Fsp3) is 0. The van der Waals surface area contributed by atoms with Crippen LogP contribution in [-0.4, -0.2) is 22.2 Å². The van der Waals surface area contributed by atoms with Gasteiger partial charge in [0.1, 0.15) is 0 Å². The summed E-state index contributed by atoms with van der Waals surface area (Å²) in [5.41, 5.74) is 2.55. The van der Waals surface area contributed by atoms with Gasteiger partial charge in [-0.1, -0.05) is 60.7 Å². The maximum absolute atomic E-state index is 9.55. The van der Waals surface area contributed by atoms with Crippen molar-refractivity contribution in [2.24, 2.45) is 0 Å². The van der Waals surface area contributed by atoms with Crippen molar-refractivity contribution >= 4 is 11.9 Å². The highest BCUT2D eigenvalue weighted by atomic mass is 16.4. The second-order valence-corrected chi connectivity index (χ2v) is 3.74. The maximum atomic E-state index is 9.55. The number of hydrogen-bond donors (Lipinski definition) is 2. The fourth-order valence-electron chi connectivity index (χ4n) is 1.40. The summed E-state index contributed by atoms with van der Waals surface area (Å²) in [6.07, 6.45) is 1.12. The lowest BCUT2D eigenvalue weighted by Crippen LogP contribution is -1.91. The summed E-state index contributed by atoms with van der Waals surface area (Å²) in [6, 6.07) is 20.8. The van der Waals surface area contributed by atoms with Crippen molar-refractivity contribution in [1.82, 2.24) is 0 Å². The van der Waals surface area contributed by atoms with Gasteiger partial charge in [-0.25, -0.2) is 9.59 Å². The second kappa shape index (κ2) is 8.26. The van der Waals surface area contributed by atoms with Crippen LogP contribution in [0.25, 0.3) is 11.1 Å². The Bertz CT molecular complexity index is 520. The highest BCUT2D eigenvalue weighted by Gasteiger charge is 1.91. The Morgan fingerprint density at radius 1 is 0.650 bits per heavy atom. The quantitative estimate of drug-likeness (QED) is 0.840. The van der Waals surface area contributed by atoms with Crippen LogP contribution in [-0.2, 0) is 9.59 Å². The summed E-state index contributed by atoms with van der Waals surface area (Å²) in [5, 5.41) is 15.6. The van der Waals surface area contributed by atoms with Crippen LogP contribution in [0.5, 0.6) is 0 Å². The van der Waals surface area contributed by atoms with Crippen molar-refractivity contribution in [1.29, 1.82) is 0 Å². The number of aliphatic carboxylic acids is 2. The van der Waals surface area contributed by atoms with Crippen LogP contribution >= 0.6 is 0 Å². The van der Waals surface area contributed by atoms with E-state index in [4.69, 9.17) is 10.2 Å². The van der Waals surface area contributed by atoms with Gasteiger partial charge < -0.3 is 10.2 Å². The van der Waals surface area contributed by atoms with Gasteiger partial charge in [-0.05, 0) is 11.1 Å². The van der Waals surface area contributed by atoms with Gasteiger partial charge in [-0.3, -0.25) is 0 Å². The highest BCUT2D eigenvalue weighted by molar-refractivity contribution is 5.89. The molecule has 4 nitrogen and oxygen atoms in total. The first-order chi connectivity index (χ1) is 9.59. The summed E-state index contributed by atoms with van der Waals surface area (Å²) >= 11 is 0. The summed E-state index contributed by atoms with van der Waals surface area (Å²) in [4.78, 5) is 19.1. The molecule has 0 unspecified atom stereocenters. The van der Waals surface area contributed by atoms with Crippen molar-refractivity contribution in [3.8, 4) is 11.1 Å². The minimum Gasteiger partial charge on any atom is -0.478 e. The van der Waals surface area contributed by atoms with Gasteiger partial charge in [0, 0.05) is 12.2 Å². The fourth-order valence-corrected chi connectivity index (χ4v) is 1.40. The summed E-state index contributed by atoms with van der Waals surface area (Å²) in [7, 11) is 0. The van der Waals surface area contributed by atoms with Gasteiger partial charge in [0.2, 0.25) is 0 Å². The molecule has 2 aromatic carbocycles. The van der Waals surface area contributed by atoms with Crippen molar-refractivity contribution in [2.75, 3.05) is 0 Å². The van der Waals surface area contributed by atoms with Crippen molar-refractivity contribution < 1.29 is 19.8 Å². The summed E-state index contributed by atoms with van der Waals surface area (Å²) < 4.78 is 0. The maximum Gasteiger partial charge on any atom is 0.328 e. The minimum atomic E-state index is -1.26. The molecule has 0 aromatic heterocycles. The van der Waals surface area contributed by atoms with E-state index in [1.807, 2.05) is 12.1 Å². The van der Waals surface area contributed by atoms with Gasteiger partial charge >= 0.3 is 11.9 Å². The minimum absolute atomic E-state index is 0.558. The van der Waals surface area contributed by atoms with E-state index in [-0.39, 0.29) is 0 Å². The first-order valence-corrected chi connectivity index (χ1v) is 5.84. The molecular formula is C16H14O4. The Morgan fingerprint density at radius 2 is 0.950 bits per heavy atom. The molecule has 0 saturated heterocycles. The first-order valence-electron chi connectivity index (χ1n) is 5.84. The molecule has 4 heteroatoms. The monoisotopic (exact) mass is 270 g/mol. The Balaban J connectivity index is 0.000000221. The average Bonchev–Trinajstić information content (AvgIpc) is 2.48. The molecule has 0 bridgehead atoms. The normalized spacial score (nSPS) is 9.60. The number of carbonyl (C=O) groups is 2. The highest BCUT2D eigenvalue weighted by Crippen LogP contribution is 2.17. The van der Waals surface area contributed by atoms with Crippen LogP contribution in [0.3, 0.4) is 0 Å². The van der Waals surface area contributed by atoms with E-state index in [9.17, 15) is 9.59 Å². The van der Waals surface area contributed by atoms with Crippen LogP contribution < -0.4 is 0 Å². The molecule has 0 fully saturated rings. The predicted molar refractivity (Wildman–Crippen MR) is 76.3 cm³/mol. The summed E-state index contributed by atoms with van der Waals surface area (Å²) in [6.45, 7) is 0. The van der Waals surface area contributed by atoms with Gasteiger partial charge in [0.15, 0.2) is 0 Å². The molecule has 102 valence electrons. The SMILES string of the molecule is O=C(O)/C=C/C(=O)O.c1ccc(-c2ccccc2)cc1. The Labute approximate surface area is 116 Å². The molecule has 0 aliphatic carbocycles. The van der Waals surface area contributed by atoms with Gasteiger partial charge in [0.25, 0.3) is 0 Å². The Kier molecular flexibility index (Phi) is 6.27. The lowest BCUT2D eigenvalue weighted by atomic mass is 10.1. The van der Waals surface area contributed by atoms with Crippen LogP contribution in [0, 0.1) is 0 Å². The number of rotatable bonds is 3. The number of carboxylic acid groups (broad SMARTS) is 2. The van der Waals surface area contributed by atoms with E-state index < -0.39 is 11.9 Å². The van der Waals surface area contributed by atoms with Gasteiger partial charge in [-0.2, -0.15) is 0 Å². The zero-order valence-corrected chi connectivity index (χ0v) is 10.6. The zero-order chi connectivity index (χ0) is 14.8. The lowest BCUT2D eigenvalue weighted by Gasteiger charge is -1.98. The zero-order valence-electron chi connectivity index (χ0n) is 10.6. The topological polar surface area (TPSA) is 74.6 Å². The second-order valence-electron chi connectivity index (χ2n) is 3.74. The molecule has 0 heterocycles. The molecule has 2 aromatic rings. The molecular weight excluding hydrogens is 256 g/mol. The largest absolute Gasteiger partial charge is 0.478 e. The Hall–Kier alpha value is -2.88. The van der Waals surface area contributed by atoms with E-state index in [2.05, 4.69) is 48.5 Å². The van der Waals surface area contributed by atoms with Crippen LogP contribution in [0.2, 0.25) is 0 Å². The van der Waals surface area contributed by atoms with E-state index in [1.165, 1.54) is 11.1 Å². The van der Waals surface area contributed by atoms with E-state index in [0.717, 1.165) is 0 Å². The van der Waals surface area contributed by atoms with E-state index in [1.54, 1.807) is 0 Å². The predicted octanol–water partition coefficient (Wildman–Crippen LogP) is 3.07. The summed E-state index contributed by atoms with van der Waals surface area (Å²) in [5.74, 6) is -2.51. The molecule has 0 aliphatic heterocycles. The third-order valence-electron chi connectivity index (χ3n) is 2.25. The number of benzene rings is 2. The molecule has 0 aliphatic rings. The van der Waals surface area contributed by atoms with Gasteiger partial charge in [0.05, 0.1) is 0 Å². The molecule has 0 amide bonds.